The molecule has 3 rings (SSSR count). The van der Waals surface area contributed by atoms with E-state index in [-0.39, 0.29) is 43.8 Å². The van der Waals surface area contributed by atoms with Gasteiger partial charge in [-0.15, -0.1) is 0 Å². The fourth-order valence-electron chi connectivity index (χ4n) is 3.02. The Morgan fingerprint density at radius 3 is 2.92 bits per heavy atom. The van der Waals surface area contributed by atoms with Gasteiger partial charge in [0.2, 0.25) is 6.79 Å². The van der Waals surface area contributed by atoms with Crippen LogP contribution >= 0.6 is 0 Å². The Morgan fingerprint density at radius 2 is 2.15 bits per heavy atom. The predicted octanol–water partition coefficient (Wildman–Crippen LogP) is 1.18. The molecule has 2 N–H and O–H groups in total. The highest BCUT2D eigenvalue weighted by Crippen LogP contribution is 2.36. The number of fused-ring (bicyclic) bond motifs is 1. The van der Waals surface area contributed by atoms with E-state index in [4.69, 9.17) is 19.3 Å². The van der Waals surface area contributed by atoms with Crippen molar-refractivity contribution in [3.8, 4) is 11.5 Å². The fraction of sp³-hybridized carbons (Fsp3) is 0.444. The number of carbonyl (C=O) groups excluding carboxylic acids is 1. The van der Waals surface area contributed by atoms with Gasteiger partial charge in [0.25, 0.3) is 5.56 Å². The molecule has 8 nitrogen and oxygen atoms in total. The summed E-state index contributed by atoms with van der Waals surface area (Å²) in [6, 6.07) is 7.05. The monoisotopic (exact) mass is 362 g/mol. The van der Waals surface area contributed by atoms with Gasteiger partial charge in [0.05, 0.1) is 26.2 Å². The van der Waals surface area contributed by atoms with Gasteiger partial charge in [-0.05, 0) is 37.0 Å². The predicted molar refractivity (Wildman–Crippen MR) is 92.4 cm³/mol. The van der Waals surface area contributed by atoms with Crippen LogP contribution in [0.2, 0.25) is 0 Å². The molecule has 1 aromatic carbocycles. The number of rotatable bonds is 8. The zero-order chi connectivity index (χ0) is 18.5. The number of ether oxygens (including phenoxy) is 3. The second-order valence-corrected chi connectivity index (χ2v) is 6.02. The lowest BCUT2D eigenvalue weighted by Crippen LogP contribution is -2.17. The summed E-state index contributed by atoms with van der Waals surface area (Å²) in [6.07, 6.45) is 0.632. The van der Waals surface area contributed by atoms with Gasteiger partial charge in [-0.25, -0.2) is 0 Å². The van der Waals surface area contributed by atoms with E-state index < -0.39 is 0 Å². The van der Waals surface area contributed by atoms with Crippen molar-refractivity contribution in [2.24, 2.45) is 0 Å². The van der Waals surface area contributed by atoms with Crippen LogP contribution in [-0.2, 0) is 22.5 Å². The number of benzene rings is 1. The lowest BCUT2D eigenvalue weighted by Gasteiger charge is -2.16. The van der Waals surface area contributed by atoms with Gasteiger partial charge in [-0.3, -0.25) is 19.4 Å². The van der Waals surface area contributed by atoms with E-state index in [1.165, 1.54) is 10.7 Å². The molecule has 1 atom stereocenters. The maximum Gasteiger partial charge on any atom is 0.306 e. The van der Waals surface area contributed by atoms with Crippen LogP contribution in [0, 0.1) is 0 Å². The number of hydrogen-bond acceptors (Lipinski definition) is 6. The fourth-order valence-corrected chi connectivity index (χ4v) is 3.02. The number of esters is 1. The Balaban J connectivity index is 1.84. The molecule has 1 aliphatic rings. The van der Waals surface area contributed by atoms with Crippen molar-refractivity contribution in [1.29, 1.82) is 0 Å². The first-order valence-corrected chi connectivity index (χ1v) is 8.55. The van der Waals surface area contributed by atoms with Crippen molar-refractivity contribution < 1.29 is 24.1 Å². The van der Waals surface area contributed by atoms with Crippen LogP contribution in [-0.4, -0.2) is 40.9 Å². The number of aliphatic hydroxyl groups is 1. The highest BCUT2D eigenvalue weighted by atomic mass is 16.7. The Morgan fingerprint density at radius 1 is 1.35 bits per heavy atom. The van der Waals surface area contributed by atoms with Gasteiger partial charge < -0.3 is 19.3 Å². The molecule has 0 amide bonds. The first-order valence-electron chi connectivity index (χ1n) is 8.55. The maximum absolute atomic E-state index is 12.0. The van der Waals surface area contributed by atoms with E-state index in [0.717, 1.165) is 5.56 Å². The third-order valence-corrected chi connectivity index (χ3v) is 4.22. The summed E-state index contributed by atoms with van der Waals surface area (Å²) in [7, 11) is 0. The van der Waals surface area contributed by atoms with Gasteiger partial charge in [0, 0.05) is 11.8 Å². The van der Waals surface area contributed by atoms with Gasteiger partial charge in [0.15, 0.2) is 11.5 Å². The molecule has 0 aliphatic carbocycles. The van der Waals surface area contributed by atoms with Gasteiger partial charge in [0.1, 0.15) is 0 Å². The van der Waals surface area contributed by atoms with Crippen LogP contribution in [0.15, 0.2) is 29.1 Å². The standard InChI is InChI=1S/C18H22N2O6/c1-2-24-18(23)9-13(7-14-10-17(22)20(19-14)5-6-21)12-3-4-15-16(8-12)26-11-25-15/h3-4,8,10,13,19,21H,2,5-7,9,11H2,1H3. The summed E-state index contributed by atoms with van der Waals surface area (Å²) in [5.74, 6) is 0.824. The van der Waals surface area contributed by atoms with Crippen LogP contribution in [0.5, 0.6) is 11.5 Å². The molecular formula is C18H22N2O6. The average molecular weight is 362 g/mol. The highest BCUT2D eigenvalue weighted by molar-refractivity contribution is 5.70. The minimum atomic E-state index is -0.299. The Kier molecular flexibility index (Phi) is 5.62. The van der Waals surface area contributed by atoms with Crippen LogP contribution in [0.3, 0.4) is 0 Å². The zero-order valence-corrected chi connectivity index (χ0v) is 14.6. The number of nitrogens with one attached hydrogen (secondary N) is 1. The summed E-state index contributed by atoms with van der Waals surface area (Å²) in [6.45, 7) is 2.33. The van der Waals surface area contributed by atoms with Gasteiger partial charge >= 0.3 is 5.97 Å². The molecular weight excluding hydrogens is 340 g/mol. The van der Waals surface area contributed by atoms with Crippen molar-refractivity contribution >= 4 is 5.97 Å². The lowest BCUT2D eigenvalue weighted by molar-refractivity contribution is -0.143. The number of aromatic nitrogens is 2. The molecule has 0 bridgehead atoms. The van der Waals surface area contributed by atoms with Gasteiger partial charge in [-0.1, -0.05) is 6.07 Å². The molecule has 0 saturated carbocycles. The molecule has 0 spiro atoms. The summed E-state index contributed by atoms with van der Waals surface area (Å²) in [4.78, 5) is 24.0. The number of H-pyrrole nitrogens is 1. The highest BCUT2D eigenvalue weighted by Gasteiger charge is 2.22. The molecule has 1 aromatic heterocycles. The van der Waals surface area contributed by atoms with Gasteiger partial charge in [-0.2, -0.15) is 0 Å². The quantitative estimate of drug-likeness (QED) is 0.684. The molecule has 1 aliphatic heterocycles. The maximum atomic E-state index is 12.0. The lowest BCUT2D eigenvalue weighted by atomic mass is 9.91. The van der Waals surface area contributed by atoms with Crippen molar-refractivity contribution in [3.05, 3.63) is 45.9 Å². The minimum absolute atomic E-state index is 0.131. The topological polar surface area (TPSA) is 103 Å². The summed E-state index contributed by atoms with van der Waals surface area (Å²) in [5, 5.41) is 12.0. The van der Waals surface area contributed by atoms with Crippen molar-refractivity contribution in [3.63, 3.8) is 0 Å². The number of aromatic amines is 1. The van der Waals surface area contributed by atoms with E-state index in [1.54, 1.807) is 6.92 Å². The molecule has 8 heteroatoms. The van der Waals surface area contributed by atoms with E-state index in [0.29, 0.717) is 30.2 Å². The minimum Gasteiger partial charge on any atom is -0.466 e. The van der Waals surface area contributed by atoms with E-state index >= 15 is 0 Å². The SMILES string of the molecule is CCOC(=O)CC(Cc1cc(=O)n(CCO)[nH]1)c1ccc2c(c1)OCO2. The second-order valence-electron chi connectivity index (χ2n) is 6.02. The number of aliphatic hydroxyl groups excluding tert-OH is 1. The van der Waals surface area contributed by atoms with Crippen LogP contribution in [0.1, 0.15) is 30.5 Å². The molecule has 0 fully saturated rings. The molecule has 2 heterocycles. The molecule has 140 valence electrons. The Hall–Kier alpha value is -2.74. The Bertz CT molecular complexity index is 825. The Labute approximate surface area is 150 Å². The molecule has 26 heavy (non-hydrogen) atoms. The second kappa shape index (κ2) is 8.09. The van der Waals surface area contributed by atoms with Crippen molar-refractivity contribution in [2.45, 2.75) is 32.2 Å². The average Bonchev–Trinajstić information content (AvgIpc) is 3.21. The number of nitrogens with zero attached hydrogens (tertiary/aromatic N) is 1. The van der Waals surface area contributed by atoms with Crippen molar-refractivity contribution in [2.75, 3.05) is 20.0 Å². The normalized spacial score (nSPS) is 13.6. The summed E-state index contributed by atoms with van der Waals surface area (Å²) >= 11 is 0. The first-order chi connectivity index (χ1) is 12.6. The van der Waals surface area contributed by atoms with Crippen LogP contribution in [0.25, 0.3) is 0 Å². The number of hydrogen-bond donors (Lipinski definition) is 2. The third-order valence-electron chi connectivity index (χ3n) is 4.22. The molecule has 0 radical (unpaired) electrons. The van der Waals surface area contributed by atoms with Crippen LogP contribution < -0.4 is 15.0 Å². The van der Waals surface area contributed by atoms with E-state index in [1.807, 2.05) is 18.2 Å². The smallest absolute Gasteiger partial charge is 0.306 e. The van der Waals surface area contributed by atoms with E-state index in [2.05, 4.69) is 5.10 Å². The summed E-state index contributed by atoms with van der Waals surface area (Å²) < 4.78 is 17.2. The summed E-state index contributed by atoms with van der Waals surface area (Å²) in [5.41, 5.74) is 1.38. The third kappa shape index (κ3) is 4.08. The number of carbonyl (C=O) groups is 1. The molecule has 2 aromatic rings. The first kappa shape index (κ1) is 18.1. The largest absolute Gasteiger partial charge is 0.466 e. The van der Waals surface area contributed by atoms with Crippen molar-refractivity contribution in [1.82, 2.24) is 9.78 Å². The zero-order valence-electron chi connectivity index (χ0n) is 14.6. The van der Waals surface area contributed by atoms with Crippen LogP contribution in [0.4, 0.5) is 0 Å². The molecule has 0 saturated heterocycles. The molecule has 1 unspecified atom stereocenters. The van der Waals surface area contributed by atoms with E-state index in [9.17, 15) is 9.59 Å².